The second-order valence-electron chi connectivity index (χ2n) is 9.92. The second-order valence-corrected chi connectivity index (χ2v) is 9.92. The SMILES string of the molecule is C[C@]1(c2ccccc2)CN(C(=O)Cc2ccc(C#N)cc2)C[C@H]1c1ccc(C(O)(C(F)(F)F)C(F)(F)F)cc1. The standard InChI is InChI=1S/C29H24F6N2O2/c1-26(22-5-3-2-4-6-22)18-37(25(38)15-19-7-9-20(16-36)10-8-19)17-24(26)21-11-13-23(14-12-21)27(39,28(30,31)32)29(33,34)35/h2-14,24,39H,15,17-18H2,1H3/t24-,26+/m0/s1. The molecule has 3 aromatic carbocycles. The first kappa shape index (κ1) is 28.2. The van der Waals surface area contributed by atoms with Gasteiger partial charge in [-0.2, -0.15) is 31.6 Å². The molecule has 1 fully saturated rings. The Bertz CT molecular complexity index is 1350. The lowest BCUT2D eigenvalue weighted by Gasteiger charge is -2.34. The molecule has 10 heteroatoms. The molecule has 3 aromatic rings. The molecule has 4 nitrogen and oxygen atoms in total. The van der Waals surface area contributed by atoms with Gasteiger partial charge in [-0.15, -0.1) is 0 Å². The Labute approximate surface area is 221 Å². The van der Waals surface area contributed by atoms with Gasteiger partial charge in [-0.1, -0.05) is 73.7 Å². The summed E-state index contributed by atoms with van der Waals surface area (Å²) in [7, 11) is 0. The van der Waals surface area contributed by atoms with Crippen LogP contribution in [-0.2, 0) is 22.2 Å². The van der Waals surface area contributed by atoms with Gasteiger partial charge in [0.2, 0.25) is 5.91 Å². The van der Waals surface area contributed by atoms with E-state index >= 15 is 0 Å². The highest BCUT2D eigenvalue weighted by Gasteiger charge is 2.71. The minimum absolute atomic E-state index is 0.0619. The van der Waals surface area contributed by atoms with E-state index in [0.29, 0.717) is 28.8 Å². The van der Waals surface area contributed by atoms with Gasteiger partial charge in [0.05, 0.1) is 18.1 Å². The Morgan fingerprint density at radius 3 is 2.03 bits per heavy atom. The Morgan fingerprint density at radius 1 is 0.949 bits per heavy atom. The number of alkyl halides is 6. The van der Waals surface area contributed by atoms with E-state index in [1.807, 2.05) is 43.3 Å². The van der Waals surface area contributed by atoms with Crippen molar-refractivity contribution in [1.29, 1.82) is 5.26 Å². The van der Waals surface area contributed by atoms with Gasteiger partial charge < -0.3 is 10.0 Å². The van der Waals surface area contributed by atoms with Crippen molar-refractivity contribution in [2.45, 2.75) is 42.6 Å². The number of nitriles is 1. The Hall–Kier alpha value is -3.84. The maximum absolute atomic E-state index is 13.4. The molecule has 0 spiro atoms. The number of likely N-dealkylation sites (tertiary alicyclic amines) is 1. The van der Waals surface area contributed by atoms with E-state index in [2.05, 4.69) is 0 Å². The van der Waals surface area contributed by atoms with Crippen molar-refractivity contribution in [3.8, 4) is 6.07 Å². The number of amides is 1. The molecule has 1 aliphatic rings. The van der Waals surface area contributed by atoms with E-state index in [1.165, 1.54) is 0 Å². The minimum Gasteiger partial charge on any atom is -0.369 e. The molecule has 0 aromatic heterocycles. The van der Waals surface area contributed by atoms with Gasteiger partial charge in [-0.25, -0.2) is 0 Å². The topological polar surface area (TPSA) is 64.3 Å². The van der Waals surface area contributed by atoms with Crippen LogP contribution >= 0.6 is 0 Å². The van der Waals surface area contributed by atoms with E-state index in [9.17, 15) is 36.2 Å². The van der Waals surface area contributed by atoms with Crippen LogP contribution in [0.1, 0.15) is 40.7 Å². The predicted octanol–water partition coefficient (Wildman–Crippen LogP) is 6.00. The molecule has 1 saturated heterocycles. The highest BCUT2D eigenvalue weighted by atomic mass is 19.4. The van der Waals surface area contributed by atoms with Crippen molar-refractivity contribution in [2.75, 3.05) is 13.1 Å². The summed E-state index contributed by atoms with van der Waals surface area (Å²) in [6, 6.07) is 21.3. The summed E-state index contributed by atoms with van der Waals surface area (Å²) in [5.74, 6) is -0.659. The van der Waals surface area contributed by atoms with E-state index in [-0.39, 0.29) is 25.4 Å². The predicted molar refractivity (Wildman–Crippen MR) is 130 cm³/mol. The average molecular weight is 547 g/mol. The lowest BCUT2D eigenvalue weighted by Crippen LogP contribution is -2.53. The van der Waals surface area contributed by atoms with Crippen molar-refractivity contribution >= 4 is 5.91 Å². The fourth-order valence-electron chi connectivity index (χ4n) is 5.20. The summed E-state index contributed by atoms with van der Waals surface area (Å²) in [5.41, 5.74) is -4.60. The first-order chi connectivity index (χ1) is 18.2. The molecule has 0 bridgehead atoms. The van der Waals surface area contributed by atoms with E-state index in [4.69, 9.17) is 5.26 Å². The quantitative estimate of drug-likeness (QED) is 0.400. The monoisotopic (exact) mass is 546 g/mol. The Kier molecular flexibility index (Phi) is 7.25. The zero-order valence-electron chi connectivity index (χ0n) is 20.7. The third kappa shape index (κ3) is 5.11. The smallest absolute Gasteiger partial charge is 0.369 e. The van der Waals surface area contributed by atoms with Crippen LogP contribution in [0.4, 0.5) is 26.3 Å². The molecule has 2 atom stereocenters. The highest BCUT2D eigenvalue weighted by Crippen LogP contribution is 2.51. The van der Waals surface area contributed by atoms with Crippen LogP contribution in [0.25, 0.3) is 0 Å². The van der Waals surface area contributed by atoms with Crippen molar-refractivity contribution in [3.05, 3.63) is 107 Å². The zero-order chi connectivity index (χ0) is 28.6. The van der Waals surface area contributed by atoms with Gasteiger partial charge >= 0.3 is 12.4 Å². The summed E-state index contributed by atoms with van der Waals surface area (Å²) in [5, 5.41) is 18.7. The zero-order valence-corrected chi connectivity index (χ0v) is 20.7. The normalized spacial score (nSPS) is 20.1. The number of halogens is 6. The number of carbonyl (C=O) groups is 1. The average Bonchev–Trinajstić information content (AvgIpc) is 3.26. The fraction of sp³-hybridized carbons (Fsp3) is 0.310. The first-order valence-electron chi connectivity index (χ1n) is 12.0. The molecule has 1 amide bonds. The minimum atomic E-state index is -5.98. The molecule has 1 heterocycles. The van der Waals surface area contributed by atoms with Crippen LogP contribution in [0.2, 0.25) is 0 Å². The molecule has 204 valence electrons. The third-order valence-corrected chi connectivity index (χ3v) is 7.47. The fourth-order valence-corrected chi connectivity index (χ4v) is 5.20. The number of hydrogen-bond donors (Lipinski definition) is 1. The molecule has 0 aliphatic carbocycles. The van der Waals surface area contributed by atoms with Crippen LogP contribution in [0.5, 0.6) is 0 Å². The number of hydrogen-bond acceptors (Lipinski definition) is 3. The van der Waals surface area contributed by atoms with Crippen LogP contribution in [0, 0.1) is 11.3 Å². The van der Waals surface area contributed by atoms with E-state index in [0.717, 1.165) is 17.7 Å². The molecular formula is C29H24F6N2O2. The van der Waals surface area contributed by atoms with Crippen molar-refractivity contribution in [1.82, 2.24) is 4.90 Å². The first-order valence-corrected chi connectivity index (χ1v) is 12.0. The molecular weight excluding hydrogens is 522 g/mol. The molecule has 0 radical (unpaired) electrons. The summed E-state index contributed by atoms with van der Waals surface area (Å²) in [6.45, 7) is 2.36. The largest absolute Gasteiger partial charge is 0.430 e. The number of aliphatic hydroxyl groups is 1. The molecule has 4 rings (SSSR count). The maximum Gasteiger partial charge on any atom is 0.430 e. The van der Waals surface area contributed by atoms with Crippen molar-refractivity contribution < 1.29 is 36.2 Å². The molecule has 1 N–H and O–H groups in total. The van der Waals surface area contributed by atoms with E-state index in [1.54, 1.807) is 29.2 Å². The van der Waals surface area contributed by atoms with Gasteiger partial charge in [-0.3, -0.25) is 4.79 Å². The van der Waals surface area contributed by atoms with Crippen LogP contribution in [0.15, 0.2) is 78.9 Å². The van der Waals surface area contributed by atoms with Crippen LogP contribution < -0.4 is 0 Å². The van der Waals surface area contributed by atoms with Gasteiger partial charge in [-0.05, 0) is 28.8 Å². The number of nitrogens with zero attached hydrogens (tertiary/aromatic N) is 2. The number of rotatable bonds is 5. The third-order valence-electron chi connectivity index (χ3n) is 7.47. The maximum atomic E-state index is 13.4. The lowest BCUT2D eigenvalue weighted by atomic mass is 9.71. The van der Waals surface area contributed by atoms with Gasteiger partial charge in [0.1, 0.15) is 0 Å². The summed E-state index contributed by atoms with van der Waals surface area (Å²) >= 11 is 0. The number of carbonyl (C=O) groups excluding carboxylic acids is 1. The van der Waals surface area contributed by atoms with Crippen LogP contribution in [0.3, 0.4) is 0 Å². The molecule has 39 heavy (non-hydrogen) atoms. The van der Waals surface area contributed by atoms with Gasteiger partial charge in [0.15, 0.2) is 0 Å². The summed E-state index contributed by atoms with van der Waals surface area (Å²) < 4.78 is 80.2. The summed E-state index contributed by atoms with van der Waals surface area (Å²) in [4.78, 5) is 14.9. The molecule has 1 aliphatic heterocycles. The summed E-state index contributed by atoms with van der Waals surface area (Å²) in [6.07, 6.45) is -11.9. The second kappa shape index (κ2) is 10.0. The van der Waals surface area contributed by atoms with Gasteiger partial charge in [0.25, 0.3) is 5.60 Å². The molecule has 0 unspecified atom stereocenters. The van der Waals surface area contributed by atoms with Crippen LogP contribution in [-0.4, -0.2) is 41.4 Å². The van der Waals surface area contributed by atoms with E-state index < -0.39 is 34.8 Å². The van der Waals surface area contributed by atoms with Gasteiger partial charge in [0, 0.05) is 30.0 Å². The molecule has 0 saturated carbocycles. The lowest BCUT2D eigenvalue weighted by molar-refractivity contribution is -0.376. The van der Waals surface area contributed by atoms with Crippen molar-refractivity contribution in [3.63, 3.8) is 0 Å². The number of benzene rings is 3. The Morgan fingerprint density at radius 2 is 1.51 bits per heavy atom. The van der Waals surface area contributed by atoms with Crippen molar-refractivity contribution in [2.24, 2.45) is 0 Å². The Balaban J connectivity index is 1.67. The highest BCUT2D eigenvalue weighted by molar-refractivity contribution is 5.79.